The summed E-state index contributed by atoms with van der Waals surface area (Å²) in [6, 6.07) is 54.2. The maximum Gasteiger partial charge on any atom is 0.136 e. The van der Waals surface area contributed by atoms with Crippen molar-refractivity contribution in [3.8, 4) is 11.1 Å². The second-order valence-electron chi connectivity index (χ2n) is 10.9. The predicted molar refractivity (Wildman–Crippen MR) is 184 cm³/mol. The van der Waals surface area contributed by atoms with E-state index in [1.54, 1.807) is 0 Å². The summed E-state index contributed by atoms with van der Waals surface area (Å²) < 4.78 is 8.96. The number of thiophene rings is 1. The third-order valence-corrected chi connectivity index (χ3v) is 9.65. The van der Waals surface area contributed by atoms with Crippen LogP contribution in [0.25, 0.3) is 64.0 Å². The standard InChI is InChI=1S/C40H25NOS/c1-2-12-29(13-3-1)41(35-17-8-16-33-32-14-6-7-19-38(32)43-40(33)35)30-22-20-26(21-23-30)31-15-9-18-36-39(31)34-24-27-10-4-5-11-28(27)25-37(34)42-36/h1-25H. The van der Waals surface area contributed by atoms with Gasteiger partial charge in [0, 0.05) is 37.6 Å². The first-order valence-electron chi connectivity index (χ1n) is 14.5. The number of hydrogen-bond donors (Lipinski definition) is 0. The number of furan rings is 1. The molecule has 43 heavy (non-hydrogen) atoms. The van der Waals surface area contributed by atoms with Crippen LogP contribution in [0.4, 0.5) is 17.1 Å². The van der Waals surface area contributed by atoms with Gasteiger partial charge in [-0.25, -0.2) is 0 Å². The molecular weight excluding hydrogens is 543 g/mol. The van der Waals surface area contributed by atoms with Crippen LogP contribution in [0, 0.1) is 0 Å². The van der Waals surface area contributed by atoms with E-state index in [1.807, 2.05) is 11.3 Å². The SMILES string of the molecule is c1ccc(N(c2ccc(-c3cccc4oc5cc6ccccc6cc5c34)cc2)c2cccc3c2sc2ccccc23)cc1. The lowest BCUT2D eigenvalue weighted by Crippen LogP contribution is -2.09. The van der Waals surface area contributed by atoms with E-state index >= 15 is 0 Å². The van der Waals surface area contributed by atoms with Gasteiger partial charge in [0.05, 0.1) is 10.4 Å². The van der Waals surface area contributed by atoms with Gasteiger partial charge in [-0.15, -0.1) is 11.3 Å². The highest BCUT2D eigenvalue weighted by atomic mass is 32.1. The van der Waals surface area contributed by atoms with E-state index < -0.39 is 0 Å². The monoisotopic (exact) mass is 567 g/mol. The molecule has 0 unspecified atom stereocenters. The first-order valence-corrected chi connectivity index (χ1v) is 15.3. The first-order chi connectivity index (χ1) is 21.3. The highest BCUT2D eigenvalue weighted by Gasteiger charge is 2.19. The smallest absolute Gasteiger partial charge is 0.136 e. The van der Waals surface area contributed by atoms with Crippen molar-refractivity contribution in [2.45, 2.75) is 0 Å². The Balaban J connectivity index is 1.21. The molecule has 0 amide bonds. The Bertz CT molecular complexity index is 2450. The molecule has 0 saturated heterocycles. The van der Waals surface area contributed by atoms with E-state index in [2.05, 4.69) is 157 Å². The van der Waals surface area contributed by atoms with Crippen molar-refractivity contribution < 1.29 is 4.42 Å². The molecule has 202 valence electrons. The molecule has 3 heteroatoms. The summed E-state index contributed by atoms with van der Waals surface area (Å²) in [5.41, 5.74) is 7.62. The predicted octanol–water partition coefficient (Wildman–Crippen LogP) is 12.2. The van der Waals surface area contributed by atoms with Crippen LogP contribution in [-0.4, -0.2) is 0 Å². The Labute approximate surface area is 252 Å². The van der Waals surface area contributed by atoms with E-state index in [0.29, 0.717) is 0 Å². The minimum atomic E-state index is 0.911. The fraction of sp³-hybridized carbons (Fsp3) is 0. The van der Waals surface area contributed by atoms with E-state index in [1.165, 1.54) is 47.8 Å². The van der Waals surface area contributed by atoms with Gasteiger partial charge in [-0.3, -0.25) is 0 Å². The van der Waals surface area contributed by atoms with Crippen LogP contribution in [0.3, 0.4) is 0 Å². The Kier molecular flexibility index (Phi) is 5.40. The molecule has 2 nitrogen and oxygen atoms in total. The van der Waals surface area contributed by atoms with Gasteiger partial charge in [-0.1, -0.05) is 97.1 Å². The van der Waals surface area contributed by atoms with Crippen LogP contribution in [0.15, 0.2) is 156 Å². The quantitative estimate of drug-likeness (QED) is 0.210. The normalized spacial score (nSPS) is 11.7. The average Bonchev–Trinajstić information content (AvgIpc) is 3.63. The summed E-state index contributed by atoms with van der Waals surface area (Å²) in [6.45, 7) is 0. The lowest BCUT2D eigenvalue weighted by molar-refractivity contribution is 0.669. The number of hydrogen-bond acceptors (Lipinski definition) is 3. The fourth-order valence-electron chi connectivity index (χ4n) is 6.45. The Hall–Kier alpha value is -5.38. The minimum absolute atomic E-state index is 0.911. The van der Waals surface area contributed by atoms with Gasteiger partial charge in [0.15, 0.2) is 0 Å². The van der Waals surface area contributed by atoms with Crippen LogP contribution < -0.4 is 4.90 Å². The van der Waals surface area contributed by atoms with E-state index in [-0.39, 0.29) is 0 Å². The van der Waals surface area contributed by atoms with Gasteiger partial charge in [0.25, 0.3) is 0 Å². The number of rotatable bonds is 4. The molecule has 9 aromatic rings. The number of nitrogens with zero attached hydrogens (tertiary/aromatic N) is 1. The molecule has 0 aliphatic heterocycles. The number of fused-ring (bicyclic) bond motifs is 7. The minimum Gasteiger partial charge on any atom is -0.456 e. The molecule has 0 bridgehead atoms. The molecule has 2 aromatic heterocycles. The zero-order valence-electron chi connectivity index (χ0n) is 23.2. The fourth-order valence-corrected chi connectivity index (χ4v) is 7.66. The van der Waals surface area contributed by atoms with Gasteiger partial charge in [0.2, 0.25) is 0 Å². The van der Waals surface area contributed by atoms with Crippen molar-refractivity contribution in [1.82, 2.24) is 0 Å². The molecule has 0 aliphatic rings. The third-order valence-electron chi connectivity index (χ3n) is 8.44. The molecule has 0 aliphatic carbocycles. The van der Waals surface area contributed by atoms with E-state index in [4.69, 9.17) is 4.42 Å². The molecule has 2 heterocycles. The van der Waals surface area contributed by atoms with Crippen molar-refractivity contribution >= 4 is 81.3 Å². The molecule has 0 radical (unpaired) electrons. The number of para-hydroxylation sites is 1. The van der Waals surface area contributed by atoms with Crippen molar-refractivity contribution in [2.24, 2.45) is 0 Å². The summed E-state index contributed by atoms with van der Waals surface area (Å²) in [5, 5.41) is 7.32. The Morgan fingerprint density at radius 2 is 1.19 bits per heavy atom. The van der Waals surface area contributed by atoms with Gasteiger partial charge in [0.1, 0.15) is 11.2 Å². The summed E-state index contributed by atoms with van der Waals surface area (Å²) in [6.07, 6.45) is 0. The zero-order chi connectivity index (χ0) is 28.3. The van der Waals surface area contributed by atoms with Gasteiger partial charge >= 0.3 is 0 Å². The molecule has 9 rings (SSSR count). The second-order valence-corrected chi connectivity index (χ2v) is 12.0. The second kappa shape index (κ2) is 9.59. The lowest BCUT2D eigenvalue weighted by atomic mass is 9.98. The van der Waals surface area contributed by atoms with Crippen molar-refractivity contribution in [2.75, 3.05) is 4.90 Å². The topological polar surface area (TPSA) is 16.4 Å². The van der Waals surface area contributed by atoms with E-state index in [0.717, 1.165) is 33.3 Å². The highest BCUT2D eigenvalue weighted by Crippen LogP contribution is 2.45. The Morgan fingerprint density at radius 1 is 0.488 bits per heavy atom. The zero-order valence-corrected chi connectivity index (χ0v) is 24.0. The van der Waals surface area contributed by atoms with Crippen molar-refractivity contribution in [3.05, 3.63) is 152 Å². The summed E-state index contributed by atoms with van der Waals surface area (Å²) in [4.78, 5) is 2.38. The molecule has 7 aromatic carbocycles. The third kappa shape index (κ3) is 3.86. The summed E-state index contributed by atoms with van der Waals surface area (Å²) in [7, 11) is 0. The molecule has 0 saturated carbocycles. The first kappa shape index (κ1) is 24.2. The molecule has 0 N–H and O–H groups in total. The molecule has 0 spiro atoms. The molecular formula is C40H25NOS. The van der Waals surface area contributed by atoms with Gasteiger partial charge < -0.3 is 9.32 Å². The van der Waals surface area contributed by atoms with Crippen LogP contribution >= 0.6 is 11.3 Å². The van der Waals surface area contributed by atoms with Gasteiger partial charge in [-0.2, -0.15) is 0 Å². The maximum absolute atomic E-state index is 6.36. The van der Waals surface area contributed by atoms with Crippen LogP contribution in [0.5, 0.6) is 0 Å². The van der Waals surface area contributed by atoms with Crippen molar-refractivity contribution in [1.29, 1.82) is 0 Å². The highest BCUT2D eigenvalue weighted by molar-refractivity contribution is 7.26. The number of anilines is 3. The van der Waals surface area contributed by atoms with Gasteiger partial charge in [-0.05, 0) is 76.5 Å². The summed E-state index contributed by atoms with van der Waals surface area (Å²) >= 11 is 1.86. The van der Waals surface area contributed by atoms with Crippen LogP contribution in [-0.2, 0) is 0 Å². The van der Waals surface area contributed by atoms with Crippen molar-refractivity contribution in [3.63, 3.8) is 0 Å². The largest absolute Gasteiger partial charge is 0.456 e. The maximum atomic E-state index is 6.36. The lowest BCUT2D eigenvalue weighted by Gasteiger charge is -2.26. The van der Waals surface area contributed by atoms with Crippen LogP contribution in [0.1, 0.15) is 0 Å². The van der Waals surface area contributed by atoms with E-state index in [9.17, 15) is 0 Å². The van der Waals surface area contributed by atoms with Crippen LogP contribution in [0.2, 0.25) is 0 Å². The number of benzene rings is 7. The average molecular weight is 568 g/mol. The Morgan fingerprint density at radius 3 is 2.05 bits per heavy atom. The summed E-state index contributed by atoms with van der Waals surface area (Å²) in [5.74, 6) is 0. The molecule has 0 fully saturated rings. The molecule has 0 atom stereocenters.